The average molecular weight is 486 g/mol. The van der Waals surface area contributed by atoms with Gasteiger partial charge < -0.3 is 20.7 Å². The number of benzene rings is 3. The largest absolute Gasteiger partial charge is 0.495 e. The van der Waals surface area contributed by atoms with Crippen LogP contribution in [0, 0.1) is 11.8 Å². The van der Waals surface area contributed by atoms with E-state index in [9.17, 15) is 27.7 Å². The van der Waals surface area contributed by atoms with E-state index in [1.54, 1.807) is 30.3 Å². The Balaban J connectivity index is 1.85. The number of nitroso groups, excluding NO2 is 1. The number of halogens is 3. The van der Waals surface area contributed by atoms with Gasteiger partial charge in [0.2, 0.25) is 0 Å². The summed E-state index contributed by atoms with van der Waals surface area (Å²) in [6.07, 6.45) is -4.59. The number of urea groups is 1. The summed E-state index contributed by atoms with van der Waals surface area (Å²) in [7, 11) is 1.36. The van der Waals surface area contributed by atoms with Crippen LogP contribution in [0.3, 0.4) is 0 Å². The molecular formula is C24H21F3N4O4. The summed E-state index contributed by atoms with van der Waals surface area (Å²) < 4.78 is 45.0. The zero-order chi connectivity index (χ0) is 25.6. The molecule has 0 heterocycles. The predicted molar refractivity (Wildman–Crippen MR) is 125 cm³/mol. The molecule has 8 nitrogen and oxygen atoms in total. The molecule has 0 bridgehead atoms. The van der Waals surface area contributed by atoms with Crippen molar-refractivity contribution in [3.8, 4) is 5.75 Å². The fourth-order valence-electron chi connectivity index (χ4n) is 3.31. The highest BCUT2D eigenvalue weighted by molar-refractivity contribution is 6.00. The van der Waals surface area contributed by atoms with Crippen molar-refractivity contribution in [2.75, 3.05) is 17.7 Å². The molecule has 1 atom stereocenters. The van der Waals surface area contributed by atoms with Gasteiger partial charge in [0.05, 0.1) is 18.4 Å². The fraction of sp³-hybridized carbons (Fsp3) is 0.167. The maximum absolute atomic E-state index is 13.3. The topological polar surface area (TPSA) is 109 Å². The molecule has 182 valence electrons. The second-order valence-electron chi connectivity index (χ2n) is 7.43. The molecule has 11 heteroatoms. The van der Waals surface area contributed by atoms with Crippen molar-refractivity contribution in [2.24, 2.45) is 5.18 Å². The Morgan fingerprint density at radius 2 is 1.69 bits per heavy atom. The first-order valence-corrected chi connectivity index (χ1v) is 10.2. The highest BCUT2D eigenvalue weighted by Crippen LogP contribution is 2.34. The van der Waals surface area contributed by atoms with Crippen LogP contribution in [0.15, 0.2) is 71.9 Å². The normalized spacial score (nSPS) is 11.8. The van der Waals surface area contributed by atoms with Crippen molar-refractivity contribution in [3.63, 3.8) is 0 Å². The van der Waals surface area contributed by atoms with Gasteiger partial charge in [0.25, 0.3) is 5.91 Å². The van der Waals surface area contributed by atoms with Crippen LogP contribution in [-0.4, -0.2) is 19.0 Å². The van der Waals surface area contributed by atoms with Crippen LogP contribution in [0.1, 0.15) is 22.7 Å². The Morgan fingerprint density at radius 1 is 0.971 bits per heavy atom. The third-order valence-electron chi connectivity index (χ3n) is 5.02. The molecule has 35 heavy (non-hydrogen) atoms. The molecule has 3 N–H and O–H groups in total. The number of hydrogen-bond donors (Lipinski definition) is 3. The number of hydrogen-bond acceptors (Lipinski definition) is 5. The molecule has 3 rings (SSSR count). The maximum Gasteiger partial charge on any atom is 0.416 e. The lowest BCUT2D eigenvalue weighted by molar-refractivity contribution is -0.138. The van der Waals surface area contributed by atoms with Gasteiger partial charge in [-0.3, -0.25) is 4.79 Å². The number of nitrogens with zero attached hydrogens (tertiary/aromatic N) is 1. The predicted octanol–water partition coefficient (Wildman–Crippen LogP) is 5.92. The third kappa shape index (κ3) is 6.34. The Kier molecular flexibility index (Phi) is 7.69. The summed E-state index contributed by atoms with van der Waals surface area (Å²) in [5.41, 5.74) is -0.399. The van der Waals surface area contributed by atoms with E-state index in [4.69, 9.17) is 4.74 Å². The molecule has 0 spiro atoms. The number of carbonyl (C=O) groups excluding carboxylic acids is 2. The van der Waals surface area contributed by atoms with Gasteiger partial charge in [0.15, 0.2) is 0 Å². The van der Waals surface area contributed by atoms with Crippen molar-refractivity contribution < 1.29 is 27.5 Å². The van der Waals surface area contributed by atoms with E-state index in [0.717, 1.165) is 6.07 Å². The van der Waals surface area contributed by atoms with Crippen molar-refractivity contribution in [1.29, 1.82) is 0 Å². The summed E-state index contributed by atoms with van der Waals surface area (Å²) in [5, 5.41) is 10.2. The molecule has 0 aliphatic heterocycles. The number of rotatable bonds is 7. The van der Waals surface area contributed by atoms with Crippen molar-refractivity contribution in [1.82, 2.24) is 5.32 Å². The monoisotopic (exact) mass is 486 g/mol. The number of alkyl halides is 3. The minimum absolute atomic E-state index is 0.00797. The number of nitrogens with one attached hydrogen (secondary N) is 3. The smallest absolute Gasteiger partial charge is 0.416 e. The molecule has 3 aromatic rings. The van der Waals surface area contributed by atoms with E-state index in [-0.39, 0.29) is 28.4 Å². The molecule has 0 saturated heterocycles. The first-order valence-electron chi connectivity index (χ1n) is 10.2. The summed E-state index contributed by atoms with van der Waals surface area (Å²) in [6, 6.07) is 13.6. The summed E-state index contributed by atoms with van der Waals surface area (Å²) >= 11 is 0. The number of methoxy groups -OCH3 is 1. The Bertz CT molecular complexity index is 1230. The third-order valence-corrected chi connectivity index (χ3v) is 5.02. The van der Waals surface area contributed by atoms with Gasteiger partial charge in [0.1, 0.15) is 17.5 Å². The van der Waals surface area contributed by atoms with Crippen LogP contribution < -0.4 is 20.7 Å². The van der Waals surface area contributed by atoms with E-state index < -0.39 is 29.7 Å². The van der Waals surface area contributed by atoms with Crippen molar-refractivity contribution >= 4 is 29.0 Å². The summed E-state index contributed by atoms with van der Waals surface area (Å²) in [4.78, 5) is 36.6. The summed E-state index contributed by atoms with van der Waals surface area (Å²) in [6.45, 7) is 1.32. The van der Waals surface area contributed by atoms with Gasteiger partial charge in [-0.2, -0.15) is 13.2 Å². The zero-order valence-electron chi connectivity index (χ0n) is 18.6. The average Bonchev–Trinajstić information content (AvgIpc) is 2.83. The van der Waals surface area contributed by atoms with Crippen LogP contribution in [0.4, 0.5) is 35.0 Å². The lowest BCUT2D eigenvalue weighted by atomic mass is 10.0. The molecular weight excluding hydrogens is 465 g/mol. The van der Waals surface area contributed by atoms with E-state index in [1.165, 1.54) is 44.4 Å². The molecule has 3 amide bonds. The molecule has 0 aromatic heterocycles. The number of carbonyl (C=O) groups is 2. The lowest BCUT2D eigenvalue weighted by Gasteiger charge is -2.20. The second kappa shape index (κ2) is 10.7. The highest BCUT2D eigenvalue weighted by Gasteiger charge is 2.33. The van der Waals surface area contributed by atoms with Gasteiger partial charge >= 0.3 is 12.2 Å². The molecule has 1 unspecified atom stereocenters. The van der Waals surface area contributed by atoms with Gasteiger partial charge in [-0.05, 0) is 53.6 Å². The first kappa shape index (κ1) is 25.2. The molecule has 3 aromatic carbocycles. The zero-order valence-corrected chi connectivity index (χ0v) is 18.6. The summed E-state index contributed by atoms with van der Waals surface area (Å²) in [5.74, 6) is -0.522. The number of aryl methyl sites for hydroxylation is 1. The SMILES string of the molecule is COc1ccc(N=O)cc1NC(=O)NC(C(=O)Nc1ccc(C)c(C(F)(F)F)c1)c1ccccc1. The van der Waals surface area contributed by atoms with E-state index >= 15 is 0 Å². The fourth-order valence-corrected chi connectivity index (χ4v) is 3.31. The van der Waals surface area contributed by atoms with Crippen LogP contribution in [0.5, 0.6) is 5.75 Å². The Morgan fingerprint density at radius 3 is 2.31 bits per heavy atom. The molecule has 0 saturated carbocycles. The second-order valence-corrected chi connectivity index (χ2v) is 7.43. The Labute approximate surface area is 198 Å². The molecule has 0 aliphatic carbocycles. The molecule has 0 aliphatic rings. The number of ether oxygens (including phenoxy) is 1. The molecule has 0 fully saturated rings. The minimum atomic E-state index is -4.59. The highest BCUT2D eigenvalue weighted by atomic mass is 19.4. The van der Waals surface area contributed by atoms with Gasteiger partial charge in [-0.25, -0.2) is 4.79 Å². The standard InChI is InChI=1S/C24H21F3N4O4/c1-14-8-9-16(12-18(14)24(25,26)27)28-22(32)21(15-6-4-3-5-7-15)30-23(33)29-19-13-17(31-34)10-11-20(19)35-2/h3-13,21H,1-2H3,(H,28,32)(H2,29,30,33). The van der Waals surface area contributed by atoms with Gasteiger partial charge in [-0.1, -0.05) is 36.4 Å². The van der Waals surface area contributed by atoms with Gasteiger partial charge in [0, 0.05) is 5.69 Å². The van der Waals surface area contributed by atoms with Crippen LogP contribution in [-0.2, 0) is 11.0 Å². The minimum Gasteiger partial charge on any atom is -0.495 e. The van der Waals surface area contributed by atoms with E-state index in [1.807, 2.05) is 0 Å². The number of anilines is 2. The van der Waals surface area contributed by atoms with E-state index in [2.05, 4.69) is 21.1 Å². The first-order chi connectivity index (χ1) is 16.6. The van der Waals surface area contributed by atoms with Crippen LogP contribution >= 0.6 is 0 Å². The maximum atomic E-state index is 13.3. The number of amides is 3. The van der Waals surface area contributed by atoms with Crippen LogP contribution in [0.2, 0.25) is 0 Å². The molecule has 0 radical (unpaired) electrons. The van der Waals surface area contributed by atoms with Crippen molar-refractivity contribution in [2.45, 2.75) is 19.1 Å². The van der Waals surface area contributed by atoms with E-state index in [0.29, 0.717) is 5.56 Å². The Hall–Kier alpha value is -4.41. The van der Waals surface area contributed by atoms with Gasteiger partial charge in [-0.15, -0.1) is 4.91 Å². The quantitative estimate of drug-likeness (QED) is 0.360. The van der Waals surface area contributed by atoms with Crippen molar-refractivity contribution in [3.05, 3.63) is 88.3 Å². The lowest BCUT2D eigenvalue weighted by Crippen LogP contribution is -2.39. The van der Waals surface area contributed by atoms with Crippen LogP contribution in [0.25, 0.3) is 0 Å².